The number of amides is 4. The number of nitrogens with one attached hydrogen (secondary N) is 2. The summed E-state index contributed by atoms with van der Waals surface area (Å²) in [5.41, 5.74) is 1.52. The van der Waals surface area contributed by atoms with Gasteiger partial charge in [0.05, 0.1) is 21.5 Å². The van der Waals surface area contributed by atoms with E-state index in [0.717, 1.165) is 37.6 Å². The fourth-order valence-corrected chi connectivity index (χ4v) is 5.10. The Kier molecular flexibility index (Phi) is 8.55. The first-order valence-corrected chi connectivity index (χ1v) is 12.6. The van der Waals surface area contributed by atoms with Gasteiger partial charge >= 0.3 is 6.03 Å². The minimum atomic E-state index is -0.765. The molecule has 5 rings (SSSR count). The largest absolute Gasteiger partial charge is 0.453 e. The van der Waals surface area contributed by atoms with Crippen LogP contribution in [0.1, 0.15) is 28.1 Å². The third kappa shape index (κ3) is 6.27. The van der Waals surface area contributed by atoms with E-state index in [1.54, 1.807) is 42.6 Å². The molecular weight excluding hydrogens is 531 g/mol. The summed E-state index contributed by atoms with van der Waals surface area (Å²) in [4.78, 5) is 43.7. The minimum Gasteiger partial charge on any atom is -0.453 e. The van der Waals surface area contributed by atoms with Gasteiger partial charge in [-0.15, -0.1) is 23.7 Å². The normalized spacial score (nSPS) is 12.6. The number of likely N-dealkylation sites (tertiary alicyclic amines) is 1. The summed E-state index contributed by atoms with van der Waals surface area (Å²) >= 11 is 1.26. The van der Waals surface area contributed by atoms with Gasteiger partial charge < -0.3 is 15.0 Å². The summed E-state index contributed by atoms with van der Waals surface area (Å²) in [6, 6.07) is 15.5. The quantitative estimate of drug-likeness (QED) is 0.315. The molecule has 0 radical (unpaired) electrons. The summed E-state index contributed by atoms with van der Waals surface area (Å²) in [5, 5.41) is 4.67. The zero-order valence-corrected chi connectivity index (χ0v) is 21.7. The van der Waals surface area contributed by atoms with Gasteiger partial charge in [-0.1, -0.05) is 30.3 Å². The number of aromatic nitrogens is 1. The Hall–Kier alpha value is -4.02. The first kappa shape index (κ1) is 27.0. The Bertz CT molecular complexity index is 1470. The number of thiophene rings is 1. The molecule has 4 aromatic rings. The Morgan fingerprint density at radius 3 is 2.50 bits per heavy atom. The van der Waals surface area contributed by atoms with Gasteiger partial charge in [-0.25, -0.2) is 9.18 Å². The lowest BCUT2D eigenvalue weighted by Gasteiger charge is -2.13. The number of ether oxygens (including phenoxy) is 1. The number of urea groups is 1. The highest BCUT2D eigenvalue weighted by molar-refractivity contribution is 7.21. The predicted octanol–water partition coefficient (Wildman–Crippen LogP) is 5.78. The number of carbonyl (C=O) groups is 3. The van der Waals surface area contributed by atoms with Crippen LogP contribution in [0.2, 0.25) is 0 Å². The molecule has 1 aliphatic heterocycles. The van der Waals surface area contributed by atoms with Crippen LogP contribution in [-0.4, -0.2) is 40.8 Å². The van der Waals surface area contributed by atoms with Crippen LogP contribution >= 0.6 is 23.7 Å². The second-order valence-electron chi connectivity index (χ2n) is 8.55. The molecule has 3 heterocycles. The van der Waals surface area contributed by atoms with E-state index in [1.165, 1.54) is 23.5 Å². The molecule has 38 heavy (non-hydrogen) atoms. The Labute approximate surface area is 228 Å². The smallest absolute Gasteiger partial charge is 0.325 e. The van der Waals surface area contributed by atoms with E-state index >= 15 is 0 Å². The number of hydrogen-bond donors (Lipinski definition) is 2. The highest BCUT2D eigenvalue weighted by Gasteiger charge is 2.23. The number of carbonyl (C=O) groups excluding carboxylic acids is 3. The second-order valence-corrected chi connectivity index (χ2v) is 9.60. The van der Waals surface area contributed by atoms with Gasteiger partial charge in [-0.05, 0) is 36.6 Å². The Morgan fingerprint density at radius 1 is 1.00 bits per heavy atom. The Balaban J connectivity index is 0.00000336. The first-order valence-electron chi connectivity index (χ1n) is 11.8. The van der Waals surface area contributed by atoms with Crippen LogP contribution in [0.25, 0.3) is 10.2 Å². The Morgan fingerprint density at radius 2 is 1.76 bits per heavy atom. The SMILES string of the molecule is Cl.O=C(Cc1ccccc1)NC(=O)Nc1ccc(Oc2ccnc3cc(C(=O)N4CCCC4)sc23)c(F)c1. The molecule has 1 fully saturated rings. The average molecular weight is 555 g/mol. The molecule has 0 atom stereocenters. The lowest BCUT2D eigenvalue weighted by Crippen LogP contribution is -2.35. The molecule has 0 saturated carbocycles. The molecule has 2 aromatic heterocycles. The molecule has 0 bridgehead atoms. The van der Waals surface area contributed by atoms with Gasteiger partial charge in [0.1, 0.15) is 5.75 Å². The molecule has 0 aliphatic carbocycles. The van der Waals surface area contributed by atoms with Crippen molar-refractivity contribution in [3.8, 4) is 11.5 Å². The number of hydrogen-bond acceptors (Lipinski definition) is 6. The molecule has 0 spiro atoms. The van der Waals surface area contributed by atoms with E-state index in [1.807, 2.05) is 11.0 Å². The molecule has 4 amide bonds. The lowest BCUT2D eigenvalue weighted by atomic mass is 10.1. The third-order valence-electron chi connectivity index (χ3n) is 5.85. The maximum absolute atomic E-state index is 14.8. The van der Waals surface area contributed by atoms with Crippen LogP contribution in [0.4, 0.5) is 14.9 Å². The maximum Gasteiger partial charge on any atom is 0.325 e. The number of benzene rings is 2. The monoisotopic (exact) mass is 554 g/mol. The minimum absolute atomic E-state index is 0. The molecule has 8 nitrogen and oxygen atoms in total. The van der Waals surface area contributed by atoms with Gasteiger partial charge in [0.25, 0.3) is 5.91 Å². The lowest BCUT2D eigenvalue weighted by molar-refractivity contribution is -0.119. The van der Waals surface area contributed by atoms with Gasteiger partial charge in [0.2, 0.25) is 5.91 Å². The van der Waals surface area contributed by atoms with Crippen LogP contribution in [0, 0.1) is 5.82 Å². The van der Waals surface area contributed by atoms with Gasteiger partial charge in [0.15, 0.2) is 11.6 Å². The average Bonchev–Trinajstić information content (AvgIpc) is 3.57. The first-order chi connectivity index (χ1) is 18.0. The van der Waals surface area contributed by atoms with E-state index in [-0.39, 0.29) is 36.2 Å². The highest BCUT2D eigenvalue weighted by atomic mass is 35.5. The van der Waals surface area contributed by atoms with Crippen molar-refractivity contribution in [3.05, 3.63) is 83.1 Å². The number of fused-ring (bicyclic) bond motifs is 1. The van der Waals surface area contributed by atoms with E-state index in [9.17, 15) is 18.8 Å². The van der Waals surface area contributed by atoms with Crippen molar-refractivity contribution in [2.45, 2.75) is 19.3 Å². The number of halogens is 2. The fraction of sp³-hybridized carbons (Fsp3) is 0.185. The molecule has 1 saturated heterocycles. The predicted molar refractivity (Wildman–Crippen MR) is 146 cm³/mol. The zero-order chi connectivity index (χ0) is 25.8. The fourth-order valence-electron chi connectivity index (χ4n) is 4.07. The van der Waals surface area contributed by atoms with Crippen molar-refractivity contribution in [3.63, 3.8) is 0 Å². The van der Waals surface area contributed by atoms with E-state index in [0.29, 0.717) is 20.8 Å². The number of rotatable bonds is 6. The highest BCUT2D eigenvalue weighted by Crippen LogP contribution is 2.36. The summed E-state index contributed by atoms with van der Waals surface area (Å²) in [6.45, 7) is 1.49. The van der Waals surface area contributed by atoms with Crippen molar-refractivity contribution in [1.29, 1.82) is 0 Å². The van der Waals surface area contributed by atoms with Gasteiger partial charge in [-0.3, -0.25) is 19.9 Å². The second kappa shape index (κ2) is 12.0. The van der Waals surface area contributed by atoms with Crippen LogP contribution in [0.5, 0.6) is 11.5 Å². The number of pyridine rings is 1. The summed E-state index contributed by atoms with van der Waals surface area (Å²) in [7, 11) is 0. The summed E-state index contributed by atoms with van der Waals surface area (Å²) in [5.74, 6) is -0.903. The maximum atomic E-state index is 14.8. The molecule has 11 heteroatoms. The van der Waals surface area contributed by atoms with E-state index in [4.69, 9.17) is 4.74 Å². The number of anilines is 1. The van der Waals surface area contributed by atoms with Crippen LogP contribution in [0.3, 0.4) is 0 Å². The molecule has 2 aromatic carbocycles. The van der Waals surface area contributed by atoms with Crippen molar-refractivity contribution < 1.29 is 23.5 Å². The number of nitrogens with zero attached hydrogens (tertiary/aromatic N) is 2. The van der Waals surface area contributed by atoms with Gasteiger partial charge in [-0.2, -0.15) is 0 Å². The van der Waals surface area contributed by atoms with Crippen molar-refractivity contribution >= 4 is 57.5 Å². The van der Waals surface area contributed by atoms with Crippen LogP contribution < -0.4 is 15.4 Å². The molecular formula is C27H24ClFN4O4S. The summed E-state index contributed by atoms with van der Waals surface area (Å²) in [6.07, 6.45) is 3.58. The van der Waals surface area contributed by atoms with Crippen molar-refractivity contribution in [2.24, 2.45) is 0 Å². The topological polar surface area (TPSA) is 101 Å². The summed E-state index contributed by atoms with van der Waals surface area (Å²) < 4.78 is 21.3. The van der Waals surface area contributed by atoms with Crippen LogP contribution in [-0.2, 0) is 11.2 Å². The standard InChI is InChI=1S/C27H23FN4O4S.ClH/c28-19-15-18(30-27(35)31-24(33)14-17-6-2-1-3-7-17)8-9-21(19)36-22-10-11-29-20-16-23(37-25(20)22)26(34)32-12-4-5-13-32;/h1-3,6-11,15-16H,4-5,12-14H2,(H2,30,31,33,35);1H. The van der Waals surface area contributed by atoms with E-state index in [2.05, 4.69) is 15.6 Å². The molecule has 196 valence electrons. The zero-order valence-electron chi connectivity index (χ0n) is 20.1. The molecule has 2 N–H and O–H groups in total. The van der Waals surface area contributed by atoms with Crippen molar-refractivity contribution in [2.75, 3.05) is 18.4 Å². The van der Waals surface area contributed by atoms with Crippen molar-refractivity contribution in [1.82, 2.24) is 15.2 Å². The van der Waals surface area contributed by atoms with Crippen LogP contribution in [0.15, 0.2) is 66.9 Å². The molecule has 1 aliphatic rings. The number of imide groups is 1. The van der Waals surface area contributed by atoms with Gasteiger partial charge in [0, 0.05) is 37.1 Å². The third-order valence-corrected chi connectivity index (χ3v) is 6.98. The van der Waals surface area contributed by atoms with E-state index < -0.39 is 17.8 Å². The molecule has 0 unspecified atom stereocenters.